The molecule has 30 heavy (non-hydrogen) atoms. The van der Waals surface area contributed by atoms with E-state index in [1.54, 1.807) is 0 Å². The van der Waals surface area contributed by atoms with Crippen LogP contribution in [0.15, 0.2) is 40.9 Å². The number of piperazine rings is 1. The molecule has 1 aliphatic rings. The van der Waals surface area contributed by atoms with Crippen LogP contribution in [0.4, 0.5) is 11.4 Å². The third-order valence-electron chi connectivity index (χ3n) is 5.56. The van der Waals surface area contributed by atoms with Gasteiger partial charge in [0.05, 0.1) is 13.1 Å². The molecule has 1 aliphatic heterocycles. The zero-order valence-electron chi connectivity index (χ0n) is 17.8. The molecule has 0 aromatic heterocycles. The van der Waals surface area contributed by atoms with Gasteiger partial charge in [0, 0.05) is 42.0 Å². The predicted molar refractivity (Wildman–Crippen MR) is 125 cm³/mol. The quantitative estimate of drug-likeness (QED) is 0.676. The minimum absolute atomic E-state index is 0.0310. The van der Waals surface area contributed by atoms with Crippen molar-refractivity contribution < 1.29 is 9.59 Å². The Bertz CT molecular complexity index is 923. The lowest BCUT2D eigenvalue weighted by Gasteiger charge is -2.36. The van der Waals surface area contributed by atoms with Crippen LogP contribution in [-0.2, 0) is 9.59 Å². The van der Waals surface area contributed by atoms with E-state index >= 15 is 0 Å². The Balaban J connectivity index is 1.41. The predicted octanol–water partition coefficient (Wildman–Crippen LogP) is 3.25. The second-order valence-corrected chi connectivity index (χ2v) is 8.68. The molecule has 0 atom stereocenters. The maximum Gasteiger partial charge on any atom is 0.243 e. The molecule has 0 aliphatic carbocycles. The van der Waals surface area contributed by atoms with E-state index in [1.165, 1.54) is 16.8 Å². The van der Waals surface area contributed by atoms with Gasteiger partial charge in [-0.25, -0.2) is 0 Å². The molecule has 3 rings (SSSR count). The normalized spacial score (nSPS) is 14.5. The number of halogens is 1. The lowest BCUT2D eigenvalue weighted by Crippen LogP contribution is -2.50. The van der Waals surface area contributed by atoms with Gasteiger partial charge < -0.3 is 15.5 Å². The number of amides is 2. The van der Waals surface area contributed by atoms with Gasteiger partial charge in [-0.15, -0.1) is 0 Å². The number of hydrogen-bond acceptors (Lipinski definition) is 4. The Morgan fingerprint density at radius 2 is 1.70 bits per heavy atom. The second kappa shape index (κ2) is 10.1. The molecular formula is C23H29BrN4O2. The van der Waals surface area contributed by atoms with Crippen molar-refractivity contribution in [2.24, 2.45) is 0 Å². The van der Waals surface area contributed by atoms with E-state index < -0.39 is 0 Å². The van der Waals surface area contributed by atoms with Crippen molar-refractivity contribution in [2.75, 3.05) is 49.5 Å². The second-order valence-electron chi connectivity index (χ2n) is 7.77. The van der Waals surface area contributed by atoms with Crippen LogP contribution in [0.2, 0.25) is 0 Å². The van der Waals surface area contributed by atoms with E-state index in [4.69, 9.17) is 0 Å². The summed E-state index contributed by atoms with van der Waals surface area (Å²) < 4.78 is 0.962. The van der Waals surface area contributed by atoms with Crippen molar-refractivity contribution in [3.05, 3.63) is 57.6 Å². The van der Waals surface area contributed by atoms with Crippen LogP contribution < -0.4 is 15.5 Å². The van der Waals surface area contributed by atoms with Gasteiger partial charge in [0.25, 0.3) is 0 Å². The topological polar surface area (TPSA) is 64.7 Å². The van der Waals surface area contributed by atoms with Gasteiger partial charge in [0.15, 0.2) is 0 Å². The summed E-state index contributed by atoms with van der Waals surface area (Å²) in [5.41, 5.74) is 5.60. The van der Waals surface area contributed by atoms with Gasteiger partial charge in [0.2, 0.25) is 11.8 Å². The van der Waals surface area contributed by atoms with Crippen LogP contribution in [0.5, 0.6) is 0 Å². The molecule has 0 spiro atoms. The van der Waals surface area contributed by atoms with E-state index in [-0.39, 0.29) is 18.4 Å². The third-order valence-corrected chi connectivity index (χ3v) is 6.06. The number of aryl methyl sites for hydroxylation is 2. The zero-order valence-corrected chi connectivity index (χ0v) is 19.4. The molecule has 1 saturated heterocycles. The summed E-state index contributed by atoms with van der Waals surface area (Å²) >= 11 is 3.41. The monoisotopic (exact) mass is 472 g/mol. The fraction of sp³-hybridized carbons (Fsp3) is 0.391. The summed E-state index contributed by atoms with van der Waals surface area (Å²) in [6, 6.07) is 12.0. The Kier molecular flexibility index (Phi) is 7.50. The first-order valence-electron chi connectivity index (χ1n) is 10.2. The van der Waals surface area contributed by atoms with Crippen LogP contribution in [0, 0.1) is 20.8 Å². The first-order valence-corrected chi connectivity index (χ1v) is 11.0. The summed E-state index contributed by atoms with van der Waals surface area (Å²) in [7, 11) is 0. The fourth-order valence-corrected chi connectivity index (χ4v) is 4.10. The largest absolute Gasteiger partial charge is 0.369 e. The maximum atomic E-state index is 12.3. The van der Waals surface area contributed by atoms with Crippen molar-refractivity contribution in [1.82, 2.24) is 10.2 Å². The van der Waals surface area contributed by atoms with E-state index in [0.29, 0.717) is 6.54 Å². The van der Waals surface area contributed by atoms with Gasteiger partial charge in [-0.1, -0.05) is 28.1 Å². The molecule has 0 unspecified atom stereocenters. The summed E-state index contributed by atoms with van der Waals surface area (Å²) in [4.78, 5) is 28.9. The number of nitrogens with zero attached hydrogens (tertiary/aromatic N) is 2. The number of carbonyl (C=O) groups excluding carboxylic acids is 2. The molecule has 6 nitrogen and oxygen atoms in total. The summed E-state index contributed by atoms with van der Waals surface area (Å²) in [6.07, 6.45) is 0. The van der Waals surface area contributed by atoms with Crippen LogP contribution in [0.3, 0.4) is 0 Å². The van der Waals surface area contributed by atoms with Crippen molar-refractivity contribution in [1.29, 1.82) is 0 Å². The molecular weight excluding hydrogens is 444 g/mol. The van der Waals surface area contributed by atoms with Crippen LogP contribution in [-0.4, -0.2) is 56.0 Å². The van der Waals surface area contributed by atoms with Crippen molar-refractivity contribution >= 4 is 39.1 Å². The minimum atomic E-state index is -0.228. The molecule has 1 fully saturated rings. The van der Waals surface area contributed by atoms with Crippen molar-refractivity contribution in [2.45, 2.75) is 20.8 Å². The average Bonchev–Trinajstić information content (AvgIpc) is 2.71. The standard InChI is InChI=1S/C23H29BrN4O2/c1-16-5-4-6-21(18(16)3)28-11-9-27(10-12-28)15-23(30)25-14-22(29)26-20-8-7-19(24)13-17(20)2/h4-8,13H,9-12,14-15H2,1-3H3,(H,25,30)(H,26,29). The van der Waals surface area contributed by atoms with E-state index in [1.807, 2.05) is 25.1 Å². The van der Waals surface area contributed by atoms with Crippen LogP contribution in [0.1, 0.15) is 16.7 Å². The van der Waals surface area contributed by atoms with E-state index in [9.17, 15) is 9.59 Å². The first-order chi connectivity index (χ1) is 14.3. The van der Waals surface area contributed by atoms with E-state index in [0.717, 1.165) is 41.9 Å². The minimum Gasteiger partial charge on any atom is -0.369 e. The number of benzene rings is 2. The molecule has 1 heterocycles. The molecule has 2 aromatic carbocycles. The van der Waals surface area contributed by atoms with Gasteiger partial charge in [-0.05, 0) is 61.7 Å². The van der Waals surface area contributed by atoms with Crippen LogP contribution in [0.25, 0.3) is 0 Å². The number of anilines is 2. The summed E-state index contributed by atoms with van der Waals surface area (Å²) in [5, 5.41) is 5.56. The Morgan fingerprint density at radius 3 is 2.40 bits per heavy atom. The van der Waals surface area contributed by atoms with Gasteiger partial charge >= 0.3 is 0 Å². The highest BCUT2D eigenvalue weighted by Gasteiger charge is 2.20. The molecule has 0 saturated carbocycles. The first kappa shape index (κ1) is 22.3. The highest BCUT2D eigenvalue weighted by Crippen LogP contribution is 2.24. The lowest BCUT2D eigenvalue weighted by atomic mass is 10.1. The zero-order chi connectivity index (χ0) is 21.7. The van der Waals surface area contributed by atoms with Crippen LogP contribution >= 0.6 is 15.9 Å². The molecule has 0 radical (unpaired) electrons. The summed E-state index contributed by atoms with van der Waals surface area (Å²) in [6.45, 7) is 9.93. The van der Waals surface area contributed by atoms with Crippen molar-refractivity contribution in [3.8, 4) is 0 Å². The fourth-order valence-electron chi connectivity index (χ4n) is 3.62. The number of hydrogen-bond donors (Lipinski definition) is 2. The maximum absolute atomic E-state index is 12.3. The molecule has 2 N–H and O–H groups in total. The molecule has 2 amide bonds. The average molecular weight is 473 g/mol. The lowest BCUT2D eigenvalue weighted by molar-refractivity contribution is -0.125. The highest BCUT2D eigenvalue weighted by molar-refractivity contribution is 9.10. The van der Waals surface area contributed by atoms with Gasteiger partial charge in [-0.3, -0.25) is 14.5 Å². The molecule has 160 valence electrons. The molecule has 2 aromatic rings. The number of carbonyl (C=O) groups is 2. The van der Waals surface area contributed by atoms with Crippen molar-refractivity contribution in [3.63, 3.8) is 0 Å². The number of rotatable bonds is 6. The Hall–Kier alpha value is -2.38. The number of nitrogens with one attached hydrogen (secondary N) is 2. The third kappa shape index (κ3) is 5.83. The SMILES string of the molecule is Cc1cc(Br)ccc1NC(=O)CNC(=O)CN1CCN(c2cccc(C)c2C)CC1. The Morgan fingerprint density at radius 1 is 0.967 bits per heavy atom. The molecule has 7 heteroatoms. The Labute approximate surface area is 186 Å². The van der Waals surface area contributed by atoms with E-state index in [2.05, 4.69) is 68.4 Å². The highest BCUT2D eigenvalue weighted by atomic mass is 79.9. The molecule has 0 bridgehead atoms. The van der Waals surface area contributed by atoms with Gasteiger partial charge in [-0.2, -0.15) is 0 Å². The summed E-state index contributed by atoms with van der Waals surface area (Å²) in [5.74, 6) is -0.355. The smallest absolute Gasteiger partial charge is 0.243 e. The van der Waals surface area contributed by atoms with Gasteiger partial charge in [0.1, 0.15) is 0 Å².